The van der Waals surface area contributed by atoms with E-state index in [1.807, 2.05) is 52.0 Å². The van der Waals surface area contributed by atoms with Crippen molar-refractivity contribution in [3.63, 3.8) is 0 Å². The van der Waals surface area contributed by atoms with Gasteiger partial charge in [0.15, 0.2) is 0 Å². The number of anilines is 1. The molecule has 1 N–H and O–H groups in total. The number of carbonyl (C=O) groups is 2. The molecule has 0 saturated carbocycles. The summed E-state index contributed by atoms with van der Waals surface area (Å²) in [6.45, 7) is 8.59. The number of hydrogen-bond donors (Lipinski definition) is 1. The van der Waals surface area contributed by atoms with Crippen molar-refractivity contribution in [3.8, 4) is 0 Å². The summed E-state index contributed by atoms with van der Waals surface area (Å²) < 4.78 is 28.6. The van der Waals surface area contributed by atoms with Crippen molar-refractivity contribution in [3.05, 3.63) is 94.0 Å². The van der Waals surface area contributed by atoms with Gasteiger partial charge in [-0.05, 0) is 70.5 Å². The molecule has 0 aliphatic heterocycles. The molecule has 39 heavy (non-hydrogen) atoms. The van der Waals surface area contributed by atoms with Crippen LogP contribution in [0.15, 0.2) is 77.7 Å². The van der Waals surface area contributed by atoms with Crippen molar-refractivity contribution in [1.82, 2.24) is 10.2 Å². The first-order valence-electron chi connectivity index (χ1n) is 12.4. The predicted molar refractivity (Wildman–Crippen MR) is 157 cm³/mol. The lowest BCUT2D eigenvalue weighted by atomic mass is 10.1. The minimum absolute atomic E-state index is 0.0161. The first-order chi connectivity index (χ1) is 18.2. The van der Waals surface area contributed by atoms with Crippen molar-refractivity contribution in [2.45, 2.75) is 57.6 Å². The summed E-state index contributed by atoms with van der Waals surface area (Å²) in [6.07, 6.45) is 0. The van der Waals surface area contributed by atoms with Crippen molar-refractivity contribution < 1.29 is 18.0 Å². The van der Waals surface area contributed by atoms with Crippen LogP contribution in [0.3, 0.4) is 0 Å². The number of nitrogens with zero attached hydrogens (tertiary/aromatic N) is 2. The SMILES string of the molecule is Cc1cccc(CN(C(=O)CN(c2cc(Cl)ccc2Cl)S(=O)(=O)c2ccccc2)[C@@H](C)C(=O)NC(C)(C)C)c1. The van der Waals surface area contributed by atoms with Crippen molar-refractivity contribution in [2.24, 2.45) is 0 Å². The molecule has 3 aromatic rings. The van der Waals surface area contributed by atoms with Crippen LogP contribution in [0.5, 0.6) is 0 Å². The molecule has 208 valence electrons. The van der Waals surface area contributed by atoms with Crippen LogP contribution in [-0.4, -0.2) is 43.3 Å². The van der Waals surface area contributed by atoms with Gasteiger partial charge in [-0.15, -0.1) is 0 Å². The minimum Gasteiger partial charge on any atom is -0.350 e. The Morgan fingerprint density at radius 3 is 2.23 bits per heavy atom. The van der Waals surface area contributed by atoms with E-state index in [0.29, 0.717) is 0 Å². The van der Waals surface area contributed by atoms with Crippen LogP contribution < -0.4 is 9.62 Å². The molecule has 0 aliphatic carbocycles. The molecular weight excluding hydrogens is 557 g/mol. The summed E-state index contributed by atoms with van der Waals surface area (Å²) in [6, 6.07) is 18.8. The number of halogens is 2. The zero-order valence-electron chi connectivity index (χ0n) is 22.6. The summed E-state index contributed by atoms with van der Waals surface area (Å²) in [5, 5.41) is 3.27. The Hall–Kier alpha value is -3.07. The van der Waals surface area contributed by atoms with Gasteiger partial charge in [0.1, 0.15) is 12.6 Å². The lowest BCUT2D eigenvalue weighted by Crippen LogP contribution is -2.54. The largest absolute Gasteiger partial charge is 0.350 e. The number of amides is 2. The second-order valence-electron chi connectivity index (χ2n) is 10.3. The molecule has 7 nitrogen and oxygen atoms in total. The topological polar surface area (TPSA) is 86.8 Å². The molecule has 0 aliphatic rings. The molecule has 10 heteroatoms. The van der Waals surface area contributed by atoms with E-state index in [-0.39, 0.29) is 33.1 Å². The third kappa shape index (κ3) is 7.97. The van der Waals surface area contributed by atoms with E-state index in [9.17, 15) is 18.0 Å². The monoisotopic (exact) mass is 589 g/mol. The van der Waals surface area contributed by atoms with Crippen LogP contribution >= 0.6 is 23.2 Å². The lowest BCUT2D eigenvalue weighted by molar-refractivity contribution is -0.140. The van der Waals surface area contributed by atoms with Gasteiger partial charge in [0, 0.05) is 17.1 Å². The van der Waals surface area contributed by atoms with Gasteiger partial charge in [-0.2, -0.15) is 0 Å². The van der Waals surface area contributed by atoms with Gasteiger partial charge in [-0.1, -0.05) is 71.2 Å². The summed E-state index contributed by atoms with van der Waals surface area (Å²) >= 11 is 12.6. The quantitative estimate of drug-likeness (QED) is 0.340. The molecule has 1 atom stereocenters. The maximum absolute atomic E-state index is 14.0. The van der Waals surface area contributed by atoms with E-state index in [1.54, 1.807) is 25.1 Å². The van der Waals surface area contributed by atoms with Crippen molar-refractivity contribution >= 4 is 50.7 Å². The fourth-order valence-corrected chi connectivity index (χ4v) is 5.86. The van der Waals surface area contributed by atoms with Crippen molar-refractivity contribution in [1.29, 1.82) is 0 Å². The third-order valence-electron chi connectivity index (χ3n) is 5.89. The molecule has 3 rings (SSSR count). The molecule has 0 spiro atoms. The Morgan fingerprint density at radius 2 is 1.62 bits per heavy atom. The van der Waals surface area contributed by atoms with Gasteiger partial charge in [-0.25, -0.2) is 8.42 Å². The van der Waals surface area contributed by atoms with Crippen LogP contribution in [0, 0.1) is 6.92 Å². The molecule has 0 fully saturated rings. The van der Waals surface area contributed by atoms with E-state index in [2.05, 4.69) is 5.32 Å². The highest BCUT2D eigenvalue weighted by Gasteiger charge is 2.34. The average Bonchev–Trinajstić information content (AvgIpc) is 2.86. The van der Waals surface area contributed by atoms with Gasteiger partial charge in [0.2, 0.25) is 11.8 Å². The normalized spacial score (nSPS) is 12.5. The van der Waals surface area contributed by atoms with Gasteiger partial charge in [-0.3, -0.25) is 13.9 Å². The third-order valence-corrected chi connectivity index (χ3v) is 8.22. The first kappa shape index (κ1) is 30.5. The van der Waals surface area contributed by atoms with Crippen molar-refractivity contribution in [2.75, 3.05) is 10.8 Å². The van der Waals surface area contributed by atoms with E-state index in [4.69, 9.17) is 23.2 Å². The maximum Gasteiger partial charge on any atom is 0.264 e. The standard InChI is InChI=1S/C29H33Cl2N3O4S/c1-20-10-9-11-22(16-20)18-33(21(2)28(36)32-29(3,4)5)27(35)19-34(26-17-23(30)14-15-25(26)31)39(37,38)24-12-7-6-8-13-24/h6-17,21H,18-19H2,1-5H3,(H,32,36)/t21-/m0/s1. The number of aryl methyl sites for hydroxylation is 1. The Balaban J connectivity index is 2.07. The molecule has 0 heterocycles. The number of nitrogens with one attached hydrogen (secondary N) is 1. The second kappa shape index (κ2) is 12.4. The minimum atomic E-state index is -4.23. The zero-order chi connectivity index (χ0) is 29.0. The average molecular weight is 591 g/mol. The van der Waals surface area contributed by atoms with Crippen LogP contribution in [0.25, 0.3) is 0 Å². The van der Waals surface area contributed by atoms with E-state index < -0.39 is 34.1 Å². The molecule has 0 saturated heterocycles. The number of benzene rings is 3. The molecular formula is C29H33Cl2N3O4S. The summed E-state index contributed by atoms with van der Waals surface area (Å²) in [4.78, 5) is 28.5. The molecule has 0 aromatic heterocycles. The molecule has 2 amide bonds. The highest BCUT2D eigenvalue weighted by molar-refractivity contribution is 7.92. The van der Waals surface area contributed by atoms with Gasteiger partial charge in [0.25, 0.3) is 10.0 Å². The number of rotatable bonds is 9. The predicted octanol–water partition coefficient (Wildman–Crippen LogP) is 5.83. The first-order valence-corrected chi connectivity index (χ1v) is 14.6. The lowest BCUT2D eigenvalue weighted by Gasteiger charge is -2.33. The number of hydrogen-bond acceptors (Lipinski definition) is 4. The highest BCUT2D eigenvalue weighted by atomic mass is 35.5. The van der Waals surface area contributed by atoms with E-state index in [0.717, 1.165) is 15.4 Å². The second-order valence-corrected chi connectivity index (χ2v) is 13.1. The Labute approximate surface area is 240 Å². The Bertz CT molecular complexity index is 1440. The maximum atomic E-state index is 14.0. The molecule has 0 radical (unpaired) electrons. The fraction of sp³-hybridized carbons (Fsp3) is 0.310. The summed E-state index contributed by atoms with van der Waals surface area (Å²) in [7, 11) is -4.23. The van der Waals surface area contributed by atoms with E-state index >= 15 is 0 Å². The smallest absolute Gasteiger partial charge is 0.264 e. The van der Waals surface area contributed by atoms with Gasteiger partial charge >= 0.3 is 0 Å². The summed E-state index contributed by atoms with van der Waals surface area (Å²) in [5.41, 5.74) is 1.33. The van der Waals surface area contributed by atoms with Crippen LogP contribution in [0.2, 0.25) is 10.0 Å². The number of sulfonamides is 1. The Kier molecular flexibility index (Phi) is 9.69. The molecule has 0 bridgehead atoms. The van der Waals surface area contributed by atoms with Crippen LogP contribution in [0.1, 0.15) is 38.8 Å². The fourth-order valence-electron chi connectivity index (χ4n) is 3.97. The molecule has 3 aromatic carbocycles. The molecule has 0 unspecified atom stereocenters. The Morgan fingerprint density at radius 1 is 0.949 bits per heavy atom. The summed E-state index contributed by atoms with van der Waals surface area (Å²) in [5.74, 6) is -0.939. The van der Waals surface area contributed by atoms with Crippen LogP contribution in [-0.2, 0) is 26.2 Å². The van der Waals surface area contributed by atoms with Gasteiger partial charge in [0.05, 0.1) is 15.6 Å². The highest BCUT2D eigenvalue weighted by Crippen LogP contribution is 2.33. The van der Waals surface area contributed by atoms with Gasteiger partial charge < -0.3 is 10.2 Å². The van der Waals surface area contributed by atoms with E-state index in [1.165, 1.54) is 35.2 Å². The zero-order valence-corrected chi connectivity index (χ0v) is 24.9. The number of carbonyl (C=O) groups excluding carboxylic acids is 2. The van der Waals surface area contributed by atoms with Crippen LogP contribution in [0.4, 0.5) is 5.69 Å².